The maximum Gasteiger partial charge on any atom is 0.214 e. The van der Waals surface area contributed by atoms with Crippen molar-refractivity contribution in [3.63, 3.8) is 0 Å². The van der Waals surface area contributed by atoms with Crippen LogP contribution in [-0.4, -0.2) is 39.9 Å². The molecular weight excluding hydrogens is 384 g/mol. The predicted octanol–water partition coefficient (Wildman–Crippen LogP) is 3.01. The number of fused-ring (bicyclic) bond motifs is 1. The molecule has 6 heteroatoms. The number of rotatable bonds is 9. The zero-order valence-corrected chi connectivity index (χ0v) is 17.8. The normalized spacial score (nSPS) is 21.6. The number of sulfonamides is 1. The minimum Gasteiger partial charge on any atom is -0.492 e. The van der Waals surface area contributed by atoms with Crippen LogP contribution in [-0.2, 0) is 22.9 Å². The topological polar surface area (TPSA) is 67.4 Å². The minimum absolute atomic E-state index is 0.209. The lowest BCUT2D eigenvalue weighted by atomic mass is 9.91. The lowest BCUT2D eigenvalue weighted by molar-refractivity contribution is 0.321. The second-order valence-corrected chi connectivity index (χ2v) is 10.1. The molecule has 156 valence electrons. The Morgan fingerprint density at radius 1 is 1.10 bits per heavy atom. The van der Waals surface area contributed by atoms with E-state index in [-0.39, 0.29) is 5.25 Å². The van der Waals surface area contributed by atoms with Gasteiger partial charge in [0, 0.05) is 18.5 Å². The van der Waals surface area contributed by atoms with E-state index < -0.39 is 10.0 Å². The Hall–Kier alpha value is -1.89. The van der Waals surface area contributed by atoms with Gasteiger partial charge in [0.15, 0.2) is 0 Å². The van der Waals surface area contributed by atoms with Crippen LogP contribution in [0.3, 0.4) is 0 Å². The van der Waals surface area contributed by atoms with E-state index >= 15 is 0 Å². The first-order chi connectivity index (χ1) is 14.1. The number of hydrogen-bond donors (Lipinski definition) is 2. The van der Waals surface area contributed by atoms with E-state index in [0.29, 0.717) is 25.1 Å². The van der Waals surface area contributed by atoms with Crippen LogP contribution in [0.1, 0.15) is 41.9 Å². The Labute approximate surface area is 173 Å². The van der Waals surface area contributed by atoms with Crippen LogP contribution in [0.25, 0.3) is 0 Å². The van der Waals surface area contributed by atoms with E-state index in [4.69, 9.17) is 4.74 Å². The van der Waals surface area contributed by atoms with Crippen LogP contribution < -0.4 is 14.8 Å². The molecule has 2 unspecified atom stereocenters. The Balaban J connectivity index is 1.39. The molecule has 0 amide bonds. The maximum absolute atomic E-state index is 12.1. The van der Waals surface area contributed by atoms with Crippen LogP contribution in [0.2, 0.25) is 0 Å². The fraction of sp³-hybridized carbons (Fsp3) is 0.478. The van der Waals surface area contributed by atoms with Gasteiger partial charge in [-0.2, -0.15) is 0 Å². The van der Waals surface area contributed by atoms with Gasteiger partial charge in [-0.15, -0.1) is 0 Å². The smallest absolute Gasteiger partial charge is 0.214 e. The third-order valence-electron chi connectivity index (χ3n) is 6.28. The Morgan fingerprint density at radius 3 is 2.59 bits per heavy atom. The van der Waals surface area contributed by atoms with Crippen molar-refractivity contribution in [1.29, 1.82) is 0 Å². The zero-order chi connectivity index (χ0) is 20.3. The Morgan fingerprint density at radius 2 is 1.90 bits per heavy atom. The van der Waals surface area contributed by atoms with Crippen LogP contribution in [0, 0.1) is 0 Å². The minimum atomic E-state index is -3.18. The molecule has 0 spiro atoms. The molecular formula is C23H30N2O3S. The van der Waals surface area contributed by atoms with Crippen LogP contribution in [0.15, 0.2) is 48.5 Å². The molecule has 2 aromatic rings. The summed E-state index contributed by atoms with van der Waals surface area (Å²) in [6.07, 6.45) is 4.57. The molecule has 2 N–H and O–H groups in total. The van der Waals surface area contributed by atoms with Gasteiger partial charge in [-0.25, -0.2) is 13.1 Å². The SMILES string of the molecule is CNC1Cc2ccc(OCCNS(=O)(=O)C3CCC3)cc2C1Cc1ccccc1. The molecule has 0 aromatic heterocycles. The molecule has 0 heterocycles. The van der Waals surface area contributed by atoms with Crippen molar-refractivity contribution in [1.82, 2.24) is 10.0 Å². The molecule has 2 aromatic carbocycles. The lowest BCUT2D eigenvalue weighted by Crippen LogP contribution is -2.40. The summed E-state index contributed by atoms with van der Waals surface area (Å²) < 4.78 is 32.7. The molecule has 1 saturated carbocycles. The predicted molar refractivity (Wildman–Crippen MR) is 116 cm³/mol. The van der Waals surface area contributed by atoms with E-state index in [1.807, 2.05) is 19.2 Å². The van der Waals surface area contributed by atoms with Gasteiger partial charge in [-0.3, -0.25) is 0 Å². The molecule has 2 atom stereocenters. The van der Waals surface area contributed by atoms with E-state index in [9.17, 15) is 8.42 Å². The first-order valence-electron chi connectivity index (χ1n) is 10.5. The molecule has 0 bridgehead atoms. The highest BCUT2D eigenvalue weighted by molar-refractivity contribution is 7.90. The van der Waals surface area contributed by atoms with Crippen molar-refractivity contribution in [3.05, 3.63) is 65.2 Å². The summed E-state index contributed by atoms with van der Waals surface area (Å²) >= 11 is 0. The van der Waals surface area contributed by atoms with E-state index in [1.165, 1.54) is 16.7 Å². The number of likely N-dealkylation sites (N-methyl/N-ethyl adjacent to an activating group) is 1. The Kier molecular flexibility index (Phi) is 6.23. The van der Waals surface area contributed by atoms with Crippen molar-refractivity contribution in [2.24, 2.45) is 0 Å². The van der Waals surface area contributed by atoms with Crippen molar-refractivity contribution in [2.75, 3.05) is 20.2 Å². The van der Waals surface area contributed by atoms with Gasteiger partial charge in [0.2, 0.25) is 10.0 Å². The number of nitrogens with one attached hydrogen (secondary N) is 2. The second-order valence-electron chi connectivity index (χ2n) is 8.10. The molecule has 29 heavy (non-hydrogen) atoms. The highest BCUT2D eigenvalue weighted by atomic mass is 32.2. The van der Waals surface area contributed by atoms with Crippen LogP contribution >= 0.6 is 0 Å². The third-order valence-corrected chi connectivity index (χ3v) is 8.23. The van der Waals surface area contributed by atoms with Gasteiger partial charge >= 0.3 is 0 Å². The lowest BCUT2D eigenvalue weighted by Gasteiger charge is -2.25. The molecule has 0 saturated heterocycles. The molecule has 2 aliphatic carbocycles. The average molecular weight is 415 g/mol. The molecule has 1 fully saturated rings. The largest absolute Gasteiger partial charge is 0.492 e. The van der Waals surface area contributed by atoms with Gasteiger partial charge in [0.05, 0.1) is 5.25 Å². The summed E-state index contributed by atoms with van der Waals surface area (Å²) in [5, 5.41) is 3.27. The zero-order valence-electron chi connectivity index (χ0n) is 16.9. The van der Waals surface area contributed by atoms with Crippen molar-refractivity contribution >= 4 is 10.0 Å². The van der Waals surface area contributed by atoms with E-state index in [2.05, 4.69) is 46.4 Å². The van der Waals surface area contributed by atoms with Crippen molar-refractivity contribution in [2.45, 2.75) is 49.3 Å². The summed E-state index contributed by atoms with van der Waals surface area (Å²) in [4.78, 5) is 0. The van der Waals surface area contributed by atoms with E-state index in [1.54, 1.807) is 0 Å². The maximum atomic E-state index is 12.1. The molecule has 5 nitrogen and oxygen atoms in total. The van der Waals surface area contributed by atoms with Crippen molar-refractivity contribution < 1.29 is 13.2 Å². The summed E-state index contributed by atoms with van der Waals surface area (Å²) in [5.74, 6) is 1.21. The average Bonchev–Trinajstić information content (AvgIpc) is 3.01. The Bertz CT molecular complexity index is 926. The third kappa shape index (κ3) is 4.65. The highest BCUT2D eigenvalue weighted by Crippen LogP contribution is 2.38. The molecule has 4 rings (SSSR count). The van der Waals surface area contributed by atoms with Crippen molar-refractivity contribution in [3.8, 4) is 5.75 Å². The molecule has 0 aliphatic heterocycles. The molecule has 2 aliphatic rings. The number of benzene rings is 2. The second kappa shape index (κ2) is 8.86. The first-order valence-corrected chi connectivity index (χ1v) is 12.1. The quantitative estimate of drug-likeness (QED) is 0.619. The van der Waals surface area contributed by atoms with Gasteiger partial charge in [-0.05, 0) is 61.6 Å². The van der Waals surface area contributed by atoms with Crippen LogP contribution in [0.4, 0.5) is 0 Å². The molecule has 0 radical (unpaired) electrons. The van der Waals surface area contributed by atoms with Gasteiger partial charge in [0.1, 0.15) is 12.4 Å². The summed E-state index contributed by atoms with van der Waals surface area (Å²) in [7, 11) is -1.15. The standard InChI is InChI=1S/C23H30N2O3S/c1-24-23-15-18-10-11-19(28-13-12-25-29(26,27)20-8-5-9-20)16-21(18)22(23)14-17-6-3-2-4-7-17/h2-4,6-7,10-11,16,20,22-25H,5,8-9,12-15H2,1H3. The first kappa shape index (κ1) is 20.4. The van der Waals surface area contributed by atoms with Gasteiger partial charge < -0.3 is 10.1 Å². The highest BCUT2D eigenvalue weighted by Gasteiger charge is 2.32. The number of hydrogen-bond acceptors (Lipinski definition) is 4. The monoisotopic (exact) mass is 414 g/mol. The fourth-order valence-electron chi connectivity index (χ4n) is 4.37. The summed E-state index contributed by atoms with van der Waals surface area (Å²) in [6.45, 7) is 0.645. The van der Waals surface area contributed by atoms with Crippen LogP contribution in [0.5, 0.6) is 5.75 Å². The fourth-order valence-corrected chi connectivity index (χ4v) is 5.92. The van der Waals surface area contributed by atoms with Gasteiger partial charge in [-0.1, -0.05) is 42.8 Å². The number of ether oxygens (including phenoxy) is 1. The van der Waals surface area contributed by atoms with Gasteiger partial charge in [0.25, 0.3) is 0 Å². The summed E-state index contributed by atoms with van der Waals surface area (Å²) in [6, 6.07) is 17.3. The summed E-state index contributed by atoms with van der Waals surface area (Å²) in [5.41, 5.74) is 4.03. The van der Waals surface area contributed by atoms with E-state index in [0.717, 1.165) is 37.9 Å².